The summed E-state index contributed by atoms with van der Waals surface area (Å²) >= 11 is 6.20. The molecule has 0 spiro atoms. The normalized spacial score (nSPS) is 13.7. The molecule has 1 N–H and O–H groups in total. The summed E-state index contributed by atoms with van der Waals surface area (Å²) in [5.41, 5.74) is 0.0988. The van der Waals surface area contributed by atoms with Crippen molar-refractivity contribution < 1.29 is 0 Å². The summed E-state index contributed by atoms with van der Waals surface area (Å²) in [5, 5.41) is 3.25. The summed E-state index contributed by atoms with van der Waals surface area (Å²) in [5.74, 6) is 0.815. The largest absolute Gasteiger partial charge is 0.368 e. The van der Waals surface area contributed by atoms with Crippen molar-refractivity contribution >= 4 is 17.4 Å². The van der Waals surface area contributed by atoms with Gasteiger partial charge in [-0.15, -0.1) is 11.6 Å². The molecule has 3 nitrogen and oxygen atoms in total. The maximum absolute atomic E-state index is 6.20. The summed E-state index contributed by atoms with van der Waals surface area (Å²) in [7, 11) is 0. The van der Waals surface area contributed by atoms with E-state index >= 15 is 0 Å². The first-order valence-corrected chi connectivity index (χ1v) is 5.08. The highest BCUT2D eigenvalue weighted by atomic mass is 35.5. The molecule has 0 saturated heterocycles. The third kappa shape index (κ3) is 3.50. The van der Waals surface area contributed by atoms with Gasteiger partial charge < -0.3 is 5.32 Å². The molecule has 1 heterocycles. The lowest BCUT2D eigenvalue weighted by Gasteiger charge is -2.25. The zero-order valence-corrected chi connectivity index (χ0v) is 9.54. The Morgan fingerprint density at radius 2 is 2.21 bits per heavy atom. The minimum Gasteiger partial charge on any atom is -0.368 e. The molecule has 1 aromatic heterocycles. The van der Waals surface area contributed by atoms with Gasteiger partial charge >= 0.3 is 0 Å². The average molecular weight is 214 g/mol. The van der Waals surface area contributed by atoms with Crippen molar-refractivity contribution in [1.29, 1.82) is 0 Å². The van der Waals surface area contributed by atoms with Crippen LogP contribution in [0.15, 0.2) is 18.6 Å². The Labute approximate surface area is 89.9 Å². The Hall–Kier alpha value is -0.830. The fourth-order valence-electron chi connectivity index (χ4n) is 0.896. The maximum atomic E-state index is 6.20. The van der Waals surface area contributed by atoms with Crippen LogP contribution in [-0.2, 0) is 0 Å². The number of halogens is 1. The Morgan fingerprint density at radius 1 is 1.50 bits per heavy atom. The van der Waals surface area contributed by atoms with Crippen molar-refractivity contribution in [3.05, 3.63) is 18.6 Å². The SMILES string of the molecule is CC(C)(C)C(Cl)CNc1ccncn1. The van der Waals surface area contributed by atoms with Gasteiger partial charge in [-0.05, 0) is 11.5 Å². The van der Waals surface area contributed by atoms with Gasteiger partial charge in [0.2, 0.25) is 0 Å². The predicted molar refractivity (Wildman–Crippen MR) is 59.6 cm³/mol. The van der Waals surface area contributed by atoms with E-state index in [0.29, 0.717) is 6.54 Å². The van der Waals surface area contributed by atoms with Crippen LogP contribution in [0.2, 0.25) is 0 Å². The van der Waals surface area contributed by atoms with Gasteiger partial charge in [-0.2, -0.15) is 0 Å². The Balaban J connectivity index is 2.42. The van der Waals surface area contributed by atoms with Crippen molar-refractivity contribution in [2.75, 3.05) is 11.9 Å². The van der Waals surface area contributed by atoms with E-state index < -0.39 is 0 Å². The van der Waals surface area contributed by atoms with Crippen LogP contribution in [0.3, 0.4) is 0 Å². The molecule has 0 saturated carbocycles. The standard InChI is InChI=1S/C10H16ClN3/c1-10(2,3)8(11)6-13-9-4-5-12-7-14-9/h4-5,7-8H,6H2,1-3H3,(H,12,13,14). The first-order chi connectivity index (χ1) is 6.50. The van der Waals surface area contributed by atoms with Crippen LogP contribution in [-0.4, -0.2) is 21.9 Å². The molecule has 1 unspecified atom stereocenters. The zero-order chi connectivity index (χ0) is 10.6. The van der Waals surface area contributed by atoms with Crippen LogP contribution in [0.5, 0.6) is 0 Å². The number of rotatable bonds is 3. The number of nitrogens with one attached hydrogen (secondary N) is 1. The van der Waals surface area contributed by atoms with E-state index in [2.05, 4.69) is 36.1 Å². The summed E-state index contributed by atoms with van der Waals surface area (Å²) in [6, 6.07) is 1.83. The maximum Gasteiger partial charge on any atom is 0.129 e. The van der Waals surface area contributed by atoms with Gasteiger partial charge in [0.1, 0.15) is 12.1 Å². The van der Waals surface area contributed by atoms with Crippen LogP contribution in [0, 0.1) is 5.41 Å². The number of hydrogen-bond acceptors (Lipinski definition) is 3. The molecule has 0 aliphatic heterocycles. The summed E-state index contributed by atoms with van der Waals surface area (Å²) in [6.45, 7) is 7.06. The van der Waals surface area contributed by atoms with Crippen molar-refractivity contribution in [1.82, 2.24) is 9.97 Å². The molecular formula is C10H16ClN3. The highest BCUT2D eigenvalue weighted by molar-refractivity contribution is 6.21. The third-order valence-corrected chi connectivity index (χ3v) is 2.79. The second-order valence-electron chi connectivity index (χ2n) is 4.31. The van der Waals surface area contributed by atoms with E-state index in [-0.39, 0.29) is 10.8 Å². The number of alkyl halides is 1. The second-order valence-corrected chi connectivity index (χ2v) is 4.84. The Kier molecular flexibility index (Phi) is 3.69. The Morgan fingerprint density at radius 3 is 2.71 bits per heavy atom. The van der Waals surface area contributed by atoms with Crippen molar-refractivity contribution in [2.24, 2.45) is 5.41 Å². The zero-order valence-electron chi connectivity index (χ0n) is 8.79. The molecule has 0 amide bonds. The average Bonchev–Trinajstić information content (AvgIpc) is 2.14. The first-order valence-electron chi connectivity index (χ1n) is 4.64. The molecular weight excluding hydrogens is 198 g/mol. The molecule has 0 bridgehead atoms. The molecule has 78 valence electrons. The van der Waals surface area contributed by atoms with Gasteiger partial charge in [0, 0.05) is 12.7 Å². The first kappa shape index (κ1) is 11.2. The number of hydrogen-bond donors (Lipinski definition) is 1. The van der Waals surface area contributed by atoms with E-state index in [1.807, 2.05) is 6.07 Å². The van der Waals surface area contributed by atoms with Gasteiger partial charge in [-0.25, -0.2) is 9.97 Å². The lowest BCUT2D eigenvalue weighted by atomic mass is 9.92. The van der Waals surface area contributed by atoms with Crippen molar-refractivity contribution in [3.8, 4) is 0 Å². The lowest BCUT2D eigenvalue weighted by molar-refractivity contribution is 0.397. The van der Waals surface area contributed by atoms with Crippen molar-refractivity contribution in [2.45, 2.75) is 26.1 Å². The summed E-state index contributed by atoms with van der Waals surface area (Å²) < 4.78 is 0. The molecule has 14 heavy (non-hydrogen) atoms. The van der Waals surface area contributed by atoms with Crippen LogP contribution in [0.4, 0.5) is 5.82 Å². The van der Waals surface area contributed by atoms with Crippen molar-refractivity contribution in [3.63, 3.8) is 0 Å². The molecule has 0 aliphatic carbocycles. The van der Waals surface area contributed by atoms with Crippen LogP contribution < -0.4 is 5.32 Å². The van der Waals surface area contributed by atoms with Gasteiger partial charge in [-0.3, -0.25) is 0 Å². The lowest BCUT2D eigenvalue weighted by Crippen LogP contribution is -2.28. The predicted octanol–water partition coefficient (Wildman–Crippen LogP) is 2.54. The monoisotopic (exact) mass is 213 g/mol. The van der Waals surface area contributed by atoms with Gasteiger partial charge in [0.15, 0.2) is 0 Å². The van der Waals surface area contributed by atoms with E-state index in [0.717, 1.165) is 5.82 Å². The fourth-order valence-corrected chi connectivity index (χ4v) is 0.973. The van der Waals surface area contributed by atoms with Crippen LogP contribution in [0.1, 0.15) is 20.8 Å². The molecule has 4 heteroatoms. The van der Waals surface area contributed by atoms with Crippen LogP contribution >= 0.6 is 11.6 Å². The van der Waals surface area contributed by atoms with Gasteiger partial charge in [-0.1, -0.05) is 20.8 Å². The molecule has 1 atom stereocenters. The number of nitrogens with zero attached hydrogens (tertiary/aromatic N) is 2. The van der Waals surface area contributed by atoms with Gasteiger partial charge in [0.05, 0.1) is 5.38 Å². The van der Waals surface area contributed by atoms with E-state index in [1.165, 1.54) is 6.33 Å². The van der Waals surface area contributed by atoms with Gasteiger partial charge in [0.25, 0.3) is 0 Å². The Bertz CT molecular complexity index is 268. The fraction of sp³-hybridized carbons (Fsp3) is 0.600. The third-order valence-electron chi connectivity index (χ3n) is 1.98. The molecule has 1 aromatic rings. The summed E-state index contributed by atoms with van der Waals surface area (Å²) in [6.07, 6.45) is 3.22. The van der Waals surface area contributed by atoms with E-state index in [9.17, 15) is 0 Å². The van der Waals surface area contributed by atoms with E-state index in [1.54, 1.807) is 6.20 Å². The van der Waals surface area contributed by atoms with Crippen LogP contribution in [0.25, 0.3) is 0 Å². The minimum absolute atomic E-state index is 0.0810. The highest BCUT2D eigenvalue weighted by Gasteiger charge is 2.21. The quantitative estimate of drug-likeness (QED) is 0.785. The molecule has 0 fully saturated rings. The smallest absolute Gasteiger partial charge is 0.129 e. The van der Waals surface area contributed by atoms with E-state index in [4.69, 9.17) is 11.6 Å². The highest BCUT2D eigenvalue weighted by Crippen LogP contribution is 2.24. The summed E-state index contributed by atoms with van der Waals surface area (Å²) in [4.78, 5) is 7.89. The molecule has 0 aliphatic rings. The number of anilines is 1. The number of aromatic nitrogens is 2. The molecule has 0 radical (unpaired) electrons. The topological polar surface area (TPSA) is 37.8 Å². The molecule has 0 aromatic carbocycles. The molecule has 1 rings (SSSR count). The minimum atomic E-state index is 0.0810. The second kappa shape index (κ2) is 4.60.